The maximum absolute atomic E-state index is 11.4. The van der Waals surface area contributed by atoms with Crippen LogP contribution in [0.1, 0.15) is 20.8 Å². The van der Waals surface area contributed by atoms with E-state index in [1.165, 1.54) is 0 Å². The maximum Gasteiger partial charge on any atom is 0.253 e. The monoisotopic (exact) mass is 271 g/mol. The Hall–Kier alpha value is -1.26. The summed E-state index contributed by atoms with van der Waals surface area (Å²) in [5.74, 6) is -0.285. The van der Waals surface area contributed by atoms with Crippen molar-refractivity contribution in [2.24, 2.45) is 11.1 Å². The molecule has 1 aromatic carbocycles. The van der Waals surface area contributed by atoms with Gasteiger partial charge in [-0.05, 0) is 24.3 Å². The van der Waals surface area contributed by atoms with E-state index in [1.54, 1.807) is 45.0 Å². The number of carbonyl (C=O) groups is 1. The van der Waals surface area contributed by atoms with Crippen LogP contribution in [0.4, 0.5) is 0 Å². The highest BCUT2D eigenvalue weighted by Gasteiger charge is 2.46. The molecule has 0 spiro atoms. The Kier molecular flexibility index (Phi) is 4.24. The summed E-state index contributed by atoms with van der Waals surface area (Å²) >= 11 is 5.75. The third-order valence-corrected chi connectivity index (χ3v) is 3.16. The van der Waals surface area contributed by atoms with Gasteiger partial charge in [-0.3, -0.25) is 4.79 Å². The van der Waals surface area contributed by atoms with Crippen molar-refractivity contribution < 1.29 is 14.6 Å². The molecule has 0 fully saturated rings. The highest BCUT2D eigenvalue weighted by molar-refractivity contribution is 6.30. The summed E-state index contributed by atoms with van der Waals surface area (Å²) in [7, 11) is 0. The summed E-state index contributed by atoms with van der Waals surface area (Å²) < 4.78 is 5.40. The van der Waals surface area contributed by atoms with Gasteiger partial charge in [-0.1, -0.05) is 32.4 Å². The lowest BCUT2D eigenvalue weighted by Crippen LogP contribution is -2.57. The molecule has 5 heteroatoms. The van der Waals surface area contributed by atoms with Gasteiger partial charge in [0.05, 0.1) is 0 Å². The molecule has 1 rings (SSSR count). The van der Waals surface area contributed by atoms with E-state index in [0.717, 1.165) is 0 Å². The number of nitrogens with two attached hydrogens (primary N) is 1. The molecule has 18 heavy (non-hydrogen) atoms. The Morgan fingerprint density at radius 3 is 2.22 bits per heavy atom. The smallest absolute Gasteiger partial charge is 0.253 e. The second-order valence-electron chi connectivity index (χ2n) is 5.22. The van der Waals surface area contributed by atoms with Crippen LogP contribution in [0.25, 0.3) is 0 Å². The van der Waals surface area contributed by atoms with Gasteiger partial charge in [-0.2, -0.15) is 0 Å². The first-order chi connectivity index (χ1) is 8.17. The number of aliphatic hydroxyl groups is 1. The normalized spacial score (nSPS) is 14.9. The fraction of sp³-hybridized carbons (Fsp3) is 0.462. The van der Waals surface area contributed by atoms with Crippen LogP contribution in [-0.4, -0.2) is 23.2 Å². The zero-order valence-corrected chi connectivity index (χ0v) is 11.5. The first kappa shape index (κ1) is 14.8. The predicted molar refractivity (Wildman–Crippen MR) is 70.5 cm³/mol. The third kappa shape index (κ3) is 3.15. The van der Waals surface area contributed by atoms with Gasteiger partial charge in [0.25, 0.3) is 5.91 Å². The molecule has 0 aliphatic rings. The van der Waals surface area contributed by atoms with E-state index in [0.29, 0.717) is 10.8 Å². The molecule has 0 bridgehead atoms. The number of hydrogen-bond acceptors (Lipinski definition) is 3. The van der Waals surface area contributed by atoms with Crippen molar-refractivity contribution in [3.8, 4) is 5.75 Å². The largest absolute Gasteiger partial charge is 0.490 e. The van der Waals surface area contributed by atoms with Crippen molar-refractivity contribution in [1.82, 2.24) is 0 Å². The Morgan fingerprint density at radius 2 is 1.83 bits per heavy atom. The van der Waals surface area contributed by atoms with Crippen molar-refractivity contribution in [3.63, 3.8) is 0 Å². The molecule has 0 aliphatic heterocycles. The molecule has 1 amide bonds. The zero-order valence-electron chi connectivity index (χ0n) is 10.7. The molecule has 4 nitrogen and oxygen atoms in total. The molecule has 1 atom stereocenters. The van der Waals surface area contributed by atoms with Crippen molar-refractivity contribution in [2.75, 3.05) is 6.61 Å². The summed E-state index contributed by atoms with van der Waals surface area (Å²) in [6, 6.07) is 6.65. The minimum Gasteiger partial charge on any atom is -0.490 e. The van der Waals surface area contributed by atoms with Gasteiger partial charge in [0.2, 0.25) is 0 Å². The predicted octanol–water partition coefficient (Wildman–Crippen LogP) is 1.98. The number of amides is 1. The molecule has 0 heterocycles. The molecule has 100 valence electrons. The Labute approximate surface area is 112 Å². The van der Waals surface area contributed by atoms with Crippen LogP contribution < -0.4 is 10.5 Å². The molecule has 1 aromatic rings. The van der Waals surface area contributed by atoms with E-state index in [9.17, 15) is 9.90 Å². The molecule has 0 aromatic heterocycles. The van der Waals surface area contributed by atoms with Gasteiger partial charge in [0.1, 0.15) is 12.4 Å². The molecule has 0 aliphatic carbocycles. The van der Waals surface area contributed by atoms with E-state index >= 15 is 0 Å². The van der Waals surface area contributed by atoms with Gasteiger partial charge < -0.3 is 15.6 Å². The number of benzene rings is 1. The molecular formula is C13H18ClNO3. The van der Waals surface area contributed by atoms with Crippen LogP contribution in [-0.2, 0) is 4.79 Å². The van der Waals surface area contributed by atoms with Crippen molar-refractivity contribution in [2.45, 2.75) is 26.4 Å². The first-order valence-corrected chi connectivity index (χ1v) is 5.95. The molecule has 0 saturated carbocycles. The van der Waals surface area contributed by atoms with Gasteiger partial charge in [-0.25, -0.2) is 0 Å². The summed E-state index contributed by atoms with van der Waals surface area (Å²) in [6.07, 6.45) is 0. The number of primary amides is 1. The quantitative estimate of drug-likeness (QED) is 0.879. The molecule has 0 radical (unpaired) electrons. The van der Waals surface area contributed by atoms with Crippen LogP contribution in [0.3, 0.4) is 0 Å². The van der Waals surface area contributed by atoms with Crippen LogP contribution in [0, 0.1) is 5.41 Å². The van der Waals surface area contributed by atoms with Crippen molar-refractivity contribution >= 4 is 17.5 Å². The summed E-state index contributed by atoms with van der Waals surface area (Å²) in [4.78, 5) is 11.4. The number of rotatable bonds is 4. The summed E-state index contributed by atoms with van der Waals surface area (Å²) in [5, 5.41) is 10.9. The lowest BCUT2D eigenvalue weighted by molar-refractivity contribution is -0.154. The van der Waals surface area contributed by atoms with Crippen molar-refractivity contribution in [1.29, 1.82) is 0 Å². The van der Waals surface area contributed by atoms with Crippen LogP contribution >= 0.6 is 11.6 Å². The van der Waals surface area contributed by atoms with E-state index in [-0.39, 0.29) is 6.61 Å². The highest BCUT2D eigenvalue weighted by atomic mass is 35.5. The van der Waals surface area contributed by atoms with Crippen LogP contribution in [0.5, 0.6) is 5.75 Å². The molecular weight excluding hydrogens is 254 g/mol. The lowest BCUT2D eigenvalue weighted by Gasteiger charge is -2.36. The molecule has 1 unspecified atom stereocenters. The van der Waals surface area contributed by atoms with Gasteiger partial charge in [0, 0.05) is 10.4 Å². The van der Waals surface area contributed by atoms with Gasteiger partial charge >= 0.3 is 0 Å². The first-order valence-electron chi connectivity index (χ1n) is 5.57. The standard InChI is InChI=1S/C13H18ClNO3/c1-12(2,3)13(17,11(15)16)8-18-10-6-4-9(14)5-7-10/h4-7,17H,8H2,1-3H3,(H2,15,16). The Morgan fingerprint density at radius 1 is 1.33 bits per heavy atom. The average molecular weight is 272 g/mol. The number of ether oxygens (including phenoxy) is 1. The van der Waals surface area contributed by atoms with E-state index in [1.807, 2.05) is 0 Å². The van der Waals surface area contributed by atoms with E-state index in [4.69, 9.17) is 22.1 Å². The van der Waals surface area contributed by atoms with Gasteiger partial charge in [-0.15, -0.1) is 0 Å². The lowest BCUT2D eigenvalue weighted by atomic mass is 9.76. The van der Waals surface area contributed by atoms with E-state index in [2.05, 4.69) is 0 Å². The molecule has 3 N–H and O–H groups in total. The third-order valence-electron chi connectivity index (χ3n) is 2.91. The second-order valence-corrected chi connectivity index (χ2v) is 5.65. The average Bonchev–Trinajstić information content (AvgIpc) is 2.26. The molecule has 0 saturated heterocycles. The minimum atomic E-state index is -1.73. The Balaban J connectivity index is 2.81. The van der Waals surface area contributed by atoms with E-state index < -0.39 is 16.9 Å². The summed E-state index contributed by atoms with van der Waals surface area (Å²) in [5.41, 5.74) is 2.81. The summed E-state index contributed by atoms with van der Waals surface area (Å²) in [6.45, 7) is 4.97. The number of carbonyl (C=O) groups excluding carboxylic acids is 1. The maximum atomic E-state index is 11.4. The van der Waals surface area contributed by atoms with Crippen molar-refractivity contribution in [3.05, 3.63) is 29.3 Å². The minimum absolute atomic E-state index is 0.201. The van der Waals surface area contributed by atoms with Crippen LogP contribution in [0.15, 0.2) is 24.3 Å². The second kappa shape index (κ2) is 5.16. The topological polar surface area (TPSA) is 72.6 Å². The van der Waals surface area contributed by atoms with Gasteiger partial charge in [0.15, 0.2) is 5.60 Å². The SMILES string of the molecule is CC(C)(C)C(O)(COc1ccc(Cl)cc1)C(N)=O. The number of hydrogen-bond donors (Lipinski definition) is 2. The van der Waals surface area contributed by atoms with Crippen LogP contribution in [0.2, 0.25) is 5.02 Å². The fourth-order valence-electron chi connectivity index (χ4n) is 1.38. The Bertz CT molecular complexity index is 425. The highest BCUT2D eigenvalue weighted by Crippen LogP contribution is 2.31. The fourth-order valence-corrected chi connectivity index (χ4v) is 1.50. The zero-order chi connectivity index (χ0) is 14.0. The number of halogens is 1.